The molecule has 0 unspecified atom stereocenters. The van der Waals surface area contributed by atoms with E-state index in [2.05, 4.69) is 27.5 Å². The van der Waals surface area contributed by atoms with Crippen LogP contribution in [0.1, 0.15) is 13.3 Å². The van der Waals surface area contributed by atoms with E-state index in [1.54, 1.807) is 18.3 Å². The molecule has 0 amide bonds. The van der Waals surface area contributed by atoms with Crippen LogP contribution in [0.3, 0.4) is 0 Å². The number of pyridine rings is 2. The van der Waals surface area contributed by atoms with E-state index >= 15 is 0 Å². The zero-order valence-corrected chi connectivity index (χ0v) is 13.4. The normalized spacial score (nSPS) is 21.2. The van der Waals surface area contributed by atoms with Crippen LogP contribution in [0, 0.1) is 11.7 Å². The Hall–Kier alpha value is -2.47. The van der Waals surface area contributed by atoms with Crippen molar-refractivity contribution in [1.29, 1.82) is 0 Å². The Morgan fingerprint density at radius 1 is 1.29 bits per heavy atom. The summed E-state index contributed by atoms with van der Waals surface area (Å²) in [5, 5.41) is 8.68. The molecule has 0 saturated carbocycles. The topological polar surface area (TPSA) is 69.8 Å². The van der Waals surface area contributed by atoms with Gasteiger partial charge in [0.25, 0.3) is 5.56 Å². The first-order valence-corrected chi connectivity index (χ1v) is 8.21. The number of halogens is 1. The molecule has 2 aromatic heterocycles. The number of nitrogens with one attached hydrogen (secondary N) is 3. The molecule has 3 heterocycles. The highest BCUT2D eigenvalue weighted by molar-refractivity contribution is 6.09. The number of anilines is 1. The average Bonchev–Trinajstić information content (AvgIpc) is 2.56. The fraction of sp³-hybridized carbons (Fsp3) is 0.333. The summed E-state index contributed by atoms with van der Waals surface area (Å²) in [5.74, 6) is 0.812. The molecule has 1 aliphatic heterocycles. The van der Waals surface area contributed by atoms with Gasteiger partial charge in [-0.1, -0.05) is 6.92 Å². The maximum Gasteiger partial charge on any atom is 0.258 e. The number of aromatic nitrogens is 2. The predicted octanol–water partition coefficient (Wildman–Crippen LogP) is 2.63. The summed E-state index contributed by atoms with van der Waals surface area (Å²) >= 11 is 0. The zero-order valence-electron chi connectivity index (χ0n) is 13.4. The lowest BCUT2D eigenvalue weighted by atomic mass is 9.95. The summed E-state index contributed by atoms with van der Waals surface area (Å²) in [4.78, 5) is 19.5. The van der Waals surface area contributed by atoms with Crippen LogP contribution in [0.15, 0.2) is 35.3 Å². The van der Waals surface area contributed by atoms with Crippen molar-refractivity contribution in [3.8, 4) is 0 Å². The molecule has 3 aromatic rings. The first-order chi connectivity index (χ1) is 11.6. The number of piperidine rings is 1. The molecule has 0 radical (unpaired) electrons. The first kappa shape index (κ1) is 15.1. The van der Waals surface area contributed by atoms with Crippen molar-refractivity contribution in [2.24, 2.45) is 5.92 Å². The lowest BCUT2D eigenvalue weighted by molar-refractivity contribution is 0.368. The van der Waals surface area contributed by atoms with Crippen LogP contribution >= 0.6 is 0 Å². The number of benzene rings is 1. The van der Waals surface area contributed by atoms with Gasteiger partial charge in [0.1, 0.15) is 11.6 Å². The highest BCUT2D eigenvalue weighted by atomic mass is 19.1. The molecule has 0 spiro atoms. The zero-order chi connectivity index (χ0) is 16.7. The Bertz CT molecular complexity index is 968. The molecule has 5 nitrogen and oxygen atoms in total. The van der Waals surface area contributed by atoms with Gasteiger partial charge in [-0.3, -0.25) is 4.79 Å². The lowest BCUT2D eigenvalue weighted by Crippen LogP contribution is -2.42. The summed E-state index contributed by atoms with van der Waals surface area (Å²) in [7, 11) is 0. The van der Waals surface area contributed by atoms with Crippen molar-refractivity contribution in [1.82, 2.24) is 15.3 Å². The standard InChI is InChI=1S/C18H19FN4O/c1-10-9-20-6-4-14(10)22-17-12-3-2-11(19)8-13(12)16-15(23-17)5-7-21-18(16)24/h2-3,5,7-8,10,14,20H,4,6,9H2,1H3,(H,21,24)(H,22,23)/t10-,14-/m0/s1. The van der Waals surface area contributed by atoms with Crippen LogP contribution in [0.25, 0.3) is 21.7 Å². The number of rotatable bonds is 2. The van der Waals surface area contributed by atoms with Crippen molar-refractivity contribution in [2.75, 3.05) is 18.4 Å². The summed E-state index contributed by atoms with van der Waals surface area (Å²) in [5.41, 5.74) is 0.318. The Morgan fingerprint density at radius 2 is 2.17 bits per heavy atom. The third kappa shape index (κ3) is 2.53. The van der Waals surface area contributed by atoms with Crippen molar-refractivity contribution in [3.05, 3.63) is 46.6 Å². The average molecular weight is 326 g/mol. The van der Waals surface area contributed by atoms with E-state index in [0.29, 0.717) is 34.1 Å². The van der Waals surface area contributed by atoms with Gasteiger partial charge in [-0.05, 0) is 49.7 Å². The van der Waals surface area contributed by atoms with Gasteiger partial charge >= 0.3 is 0 Å². The maximum atomic E-state index is 13.8. The molecular formula is C18H19FN4O. The Kier molecular flexibility index (Phi) is 3.69. The van der Waals surface area contributed by atoms with Gasteiger partial charge in [-0.2, -0.15) is 0 Å². The second kappa shape index (κ2) is 5.87. The molecule has 1 fully saturated rings. The van der Waals surface area contributed by atoms with Gasteiger partial charge in [0.05, 0.1) is 10.9 Å². The third-order valence-electron chi connectivity index (χ3n) is 4.78. The second-order valence-electron chi connectivity index (χ2n) is 6.44. The van der Waals surface area contributed by atoms with Crippen molar-refractivity contribution in [3.63, 3.8) is 0 Å². The minimum atomic E-state index is -0.362. The fourth-order valence-electron chi connectivity index (χ4n) is 3.45. The van der Waals surface area contributed by atoms with Crippen LogP contribution in [0.4, 0.5) is 10.2 Å². The van der Waals surface area contributed by atoms with Crippen LogP contribution in [0.5, 0.6) is 0 Å². The molecule has 1 aliphatic rings. The highest BCUT2D eigenvalue weighted by Gasteiger charge is 2.22. The molecule has 124 valence electrons. The van der Waals surface area contributed by atoms with Crippen LogP contribution in [0.2, 0.25) is 0 Å². The number of fused-ring (bicyclic) bond motifs is 3. The van der Waals surface area contributed by atoms with Gasteiger partial charge < -0.3 is 15.6 Å². The minimum absolute atomic E-state index is 0.252. The van der Waals surface area contributed by atoms with E-state index in [1.807, 2.05) is 0 Å². The Labute approximate surface area is 138 Å². The largest absolute Gasteiger partial charge is 0.366 e. The second-order valence-corrected chi connectivity index (χ2v) is 6.44. The first-order valence-electron chi connectivity index (χ1n) is 8.21. The van der Waals surface area contributed by atoms with Crippen molar-refractivity contribution < 1.29 is 4.39 Å². The molecule has 2 atom stereocenters. The summed E-state index contributed by atoms with van der Waals surface area (Å²) in [6.07, 6.45) is 2.57. The minimum Gasteiger partial charge on any atom is -0.366 e. The fourth-order valence-corrected chi connectivity index (χ4v) is 3.45. The number of aromatic amines is 1. The van der Waals surface area contributed by atoms with Crippen LogP contribution in [-0.4, -0.2) is 29.1 Å². The van der Waals surface area contributed by atoms with E-state index in [4.69, 9.17) is 0 Å². The van der Waals surface area contributed by atoms with E-state index in [1.165, 1.54) is 12.1 Å². The van der Waals surface area contributed by atoms with Gasteiger partial charge in [-0.15, -0.1) is 0 Å². The summed E-state index contributed by atoms with van der Waals surface area (Å²) < 4.78 is 13.8. The highest BCUT2D eigenvalue weighted by Crippen LogP contribution is 2.29. The Morgan fingerprint density at radius 3 is 3.00 bits per heavy atom. The number of H-pyrrole nitrogens is 1. The monoisotopic (exact) mass is 326 g/mol. The number of hydrogen-bond acceptors (Lipinski definition) is 4. The van der Waals surface area contributed by atoms with Gasteiger partial charge in [0, 0.05) is 23.0 Å². The van der Waals surface area contributed by atoms with Crippen LogP contribution < -0.4 is 16.2 Å². The molecule has 3 N–H and O–H groups in total. The van der Waals surface area contributed by atoms with Crippen molar-refractivity contribution >= 4 is 27.5 Å². The molecule has 1 aromatic carbocycles. The van der Waals surface area contributed by atoms with E-state index < -0.39 is 0 Å². The third-order valence-corrected chi connectivity index (χ3v) is 4.78. The van der Waals surface area contributed by atoms with Crippen LogP contribution in [-0.2, 0) is 0 Å². The summed E-state index contributed by atoms with van der Waals surface area (Å²) in [6, 6.07) is 6.55. The number of nitrogens with zero attached hydrogens (tertiary/aromatic N) is 1. The molecular weight excluding hydrogens is 307 g/mol. The molecule has 1 saturated heterocycles. The molecule has 0 bridgehead atoms. The molecule has 4 rings (SSSR count). The molecule has 24 heavy (non-hydrogen) atoms. The quantitative estimate of drug-likeness (QED) is 0.633. The van der Waals surface area contributed by atoms with Gasteiger partial charge in [0.2, 0.25) is 0 Å². The predicted molar refractivity (Wildman–Crippen MR) is 93.9 cm³/mol. The SMILES string of the molecule is C[C@H]1CNCC[C@@H]1Nc1nc2cc[nH]c(=O)c2c2cc(F)ccc12. The summed E-state index contributed by atoms with van der Waals surface area (Å²) in [6.45, 7) is 4.11. The maximum absolute atomic E-state index is 13.8. The lowest BCUT2D eigenvalue weighted by Gasteiger charge is -2.31. The molecule has 6 heteroatoms. The smallest absolute Gasteiger partial charge is 0.258 e. The van der Waals surface area contributed by atoms with E-state index in [0.717, 1.165) is 24.9 Å². The van der Waals surface area contributed by atoms with Crippen molar-refractivity contribution in [2.45, 2.75) is 19.4 Å². The van der Waals surface area contributed by atoms with E-state index in [9.17, 15) is 9.18 Å². The number of hydrogen-bond donors (Lipinski definition) is 3. The van der Waals surface area contributed by atoms with Gasteiger partial charge in [-0.25, -0.2) is 9.37 Å². The Balaban J connectivity index is 1.92. The molecule has 0 aliphatic carbocycles. The van der Waals surface area contributed by atoms with E-state index in [-0.39, 0.29) is 11.4 Å². The van der Waals surface area contributed by atoms with Gasteiger partial charge in [0.15, 0.2) is 0 Å².